The highest BCUT2D eigenvalue weighted by molar-refractivity contribution is 7.15. The van der Waals surface area contributed by atoms with Crippen LogP contribution in [0.1, 0.15) is 29.7 Å². The number of nitrogens with one attached hydrogen (secondary N) is 1. The molecule has 1 N–H and O–H groups in total. The fourth-order valence-corrected chi connectivity index (χ4v) is 2.52. The highest BCUT2D eigenvalue weighted by Gasteiger charge is 2.15. The van der Waals surface area contributed by atoms with E-state index in [0.717, 1.165) is 6.42 Å². The van der Waals surface area contributed by atoms with Gasteiger partial charge in [0.25, 0.3) is 11.5 Å². The van der Waals surface area contributed by atoms with Crippen molar-refractivity contribution in [1.29, 1.82) is 0 Å². The molecule has 0 aromatic carbocycles. The SMILES string of the molecule is CCCc1nnc(NC(=O)c2cc(=O)nc3sccn23)o1. The van der Waals surface area contributed by atoms with Crippen LogP contribution < -0.4 is 10.9 Å². The summed E-state index contributed by atoms with van der Waals surface area (Å²) in [5.74, 6) is -0.0463. The number of fused-ring (bicyclic) bond motifs is 1. The van der Waals surface area contributed by atoms with E-state index in [-0.39, 0.29) is 11.7 Å². The molecule has 1 amide bonds. The van der Waals surface area contributed by atoms with E-state index in [1.165, 1.54) is 21.8 Å². The minimum absolute atomic E-state index is 0.0108. The van der Waals surface area contributed by atoms with E-state index in [1.807, 2.05) is 6.92 Å². The van der Waals surface area contributed by atoms with Crippen molar-refractivity contribution in [2.45, 2.75) is 19.8 Å². The van der Waals surface area contributed by atoms with Crippen LogP contribution in [0.2, 0.25) is 0 Å². The van der Waals surface area contributed by atoms with Crippen LogP contribution in [0.4, 0.5) is 6.01 Å². The first-order valence-electron chi connectivity index (χ1n) is 6.28. The fraction of sp³-hybridized carbons (Fsp3) is 0.250. The lowest BCUT2D eigenvalue weighted by atomic mass is 10.3. The molecule has 0 aliphatic rings. The van der Waals surface area contributed by atoms with Crippen molar-refractivity contribution in [2.24, 2.45) is 0 Å². The molecular weight excluding hydrogens is 294 g/mol. The Kier molecular flexibility index (Phi) is 3.48. The van der Waals surface area contributed by atoms with Gasteiger partial charge in [0, 0.05) is 24.1 Å². The number of anilines is 1. The third kappa shape index (κ3) is 2.68. The van der Waals surface area contributed by atoms with Crippen LogP contribution in [0, 0.1) is 0 Å². The van der Waals surface area contributed by atoms with Crippen LogP contribution in [0.15, 0.2) is 26.9 Å². The third-order valence-electron chi connectivity index (χ3n) is 2.70. The largest absolute Gasteiger partial charge is 0.408 e. The molecule has 3 aromatic heterocycles. The summed E-state index contributed by atoms with van der Waals surface area (Å²) < 4.78 is 6.82. The first kappa shape index (κ1) is 13.4. The van der Waals surface area contributed by atoms with Gasteiger partial charge >= 0.3 is 6.01 Å². The molecule has 0 aliphatic heterocycles. The fourth-order valence-electron chi connectivity index (χ4n) is 1.80. The van der Waals surface area contributed by atoms with Gasteiger partial charge < -0.3 is 4.42 Å². The molecule has 3 aromatic rings. The van der Waals surface area contributed by atoms with E-state index in [0.29, 0.717) is 17.3 Å². The minimum atomic E-state index is -0.505. The Balaban J connectivity index is 1.89. The van der Waals surface area contributed by atoms with Crippen molar-refractivity contribution in [2.75, 3.05) is 5.32 Å². The quantitative estimate of drug-likeness (QED) is 0.780. The molecule has 8 nitrogen and oxygen atoms in total. The molecule has 0 unspecified atom stereocenters. The molecule has 0 fully saturated rings. The highest BCUT2D eigenvalue weighted by atomic mass is 32.1. The molecule has 0 saturated carbocycles. The summed E-state index contributed by atoms with van der Waals surface area (Å²) >= 11 is 1.27. The van der Waals surface area contributed by atoms with Gasteiger partial charge in [-0.1, -0.05) is 12.0 Å². The van der Waals surface area contributed by atoms with Gasteiger partial charge in [-0.05, 0) is 6.42 Å². The van der Waals surface area contributed by atoms with Crippen LogP contribution in [-0.2, 0) is 6.42 Å². The van der Waals surface area contributed by atoms with Crippen molar-refractivity contribution in [3.05, 3.63) is 39.6 Å². The predicted octanol–water partition coefficient (Wildman–Crippen LogP) is 1.34. The van der Waals surface area contributed by atoms with E-state index < -0.39 is 11.5 Å². The van der Waals surface area contributed by atoms with Gasteiger partial charge in [0.05, 0.1) is 0 Å². The summed E-state index contributed by atoms with van der Waals surface area (Å²) in [6.07, 6.45) is 3.18. The Labute approximate surface area is 122 Å². The van der Waals surface area contributed by atoms with Crippen molar-refractivity contribution >= 4 is 28.2 Å². The van der Waals surface area contributed by atoms with Gasteiger partial charge in [0.2, 0.25) is 5.89 Å². The number of rotatable bonds is 4. The molecule has 0 spiro atoms. The van der Waals surface area contributed by atoms with Crippen molar-refractivity contribution < 1.29 is 9.21 Å². The molecule has 108 valence electrons. The zero-order chi connectivity index (χ0) is 14.8. The zero-order valence-electron chi connectivity index (χ0n) is 11.1. The van der Waals surface area contributed by atoms with Crippen molar-refractivity contribution in [3.8, 4) is 0 Å². The number of thiazole rings is 1. The van der Waals surface area contributed by atoms with Crippen molar-refractivity contribution in [3.63, 3.8) is 0 Å². The standard InChI is InChI=1S/C12H11N5O3S/c1-2-3-9-15-16-11(20-9)14-10(19)7-6-8(18)13-12-17(7)4-5-21-12/h4-6H,2-3H2,1H3,(H,14,16,19). The average Bonchev–Trinajstić information content (AvgIpc) is 3.07. The number of carbonyl (C=O) groups is 1. The molecule has 0 bridgehead atoms. The lowest BCUT2D eigenvalue weighted by Crippen LogP contribution is -2.20. The van der Waals surface area contributed by atoms with Gasteiger partial charge in [-0.15, -0.1) is 16.4 Å². The second-order valence-electron chi connectivity index (χ2n) is 4.24. The number of aryl methyl sites for hydroxylation is 1. The highest BCUT2D eigenvalue weighted by Crippen LogP contribution is 2.12. The van der Waals surface area contributed by atoms with Gasteiger partial charge in [0.15, 0.2) is 4.96 Å². The van der Waals surface area contributed by atoms with E-state index in [9.17, 15) is 9.59 Å². The minimum Gasteiger partial charge on any atom is -0.408 e. The smallest absolute Gasteiger partial charge is 0.322 e. The molecular formula is C12H11N5O3S. The van der Waals surface area contributed by atoms with Crippen LogP contribution in [0.5, 0.6) is 0 Å². The van der Waals surface area contributed by atoms with Crippen LogP contribution in [-0.4, -0.2) is 25.5 Å². The van der Waals surface area contributed by atoms with Gasteiger partial charge in [-0.25, -0.2) is 0 Å². The maximum atomic E-state index is 12.2. The Hall–Kier alpha value is -2.55. The second kappa shape index (κ2) is 5.44. The molecule has 0 atom stereocenters. The summed E-state index contributed by atoms with van der Waals surface area (Å²) in [7, 11) is 0. The molecule has 0 aliphatic carbocycles. The topological polar surface area (TPSA) is 102 Å². The number of hydrogen-bond donors (Lipinski definition) is 1. The second-order valence-corrected chi connectivity index (χ2v) is 5.11. The number of carbonyl (C=O) groups excluding carboxylic acids is 1. The molecule has 0 radical (unpaired) electrons. The van der Waals surface area contributed by atoms with E-state index in [4.69, 9.17) is 4.42 Å². The van der Waals surface area contributed by atoms with Crippen LogP contribution >= 0.6 is 11.3 Å². The average molecular weight is 305 g/mol. The van der Waals surface area contributed by atoms with Crippen molar-refractivity contribution in [1.82, 2.24) is 19.6 Å². The normalized spacial score (nSPS) is 10.9. The Morgan fingerprint density at radius 2 is 2.33 bits per heavy atom. The number of hydrogen-bond acceptors (Lipinski definition) is 7. The summed E-state index contributed by atoms with van der Waals surface area (Å²) in [6, 6.07) is 1.18. The number of aromatic nitrogens is 4. The lowest BCUT2D eigenvalue weighted by molar-refractivity contribution is 0.101. The Morgan fingerprint density at radius 1 is 1.48 bits per heavy atom. The summed E-state index contributed by atoms with van der Waals surface area (Å²) in [6.45, 7) is 1.99. The lowest BCUT2D eigenvalue weighted by Gasteiger charge is -2.02. The molecule has 3 rings (SSSR count). The summed E-state index contributed by atoms with van der Waals surface area (Å²) in [4.78, 5) is 28.0. The van der Waals surface area contributed by atoms with Gasteiger partial charge in [0.1, 0.15) is 5.69 Å². The molecule has 3 heterocycles. The third-order valence-corrected chi connectivity index (χ3v) is 3.46. The predicted molar refractivity (Wildman–Crippen MR) is 75.6 cm³/mol. The first-order chi connectivity index (χ1) is 10.2. The maximum absolute atomic E-state index is 12.2. The number of nitrogens with zero attached hydrogens (tertiary/aromatic N) is 4. The van der Waals surface area contributed by atoms with E-state index in [2.05, 4.69) is 20.5 Å². The summed E-state index contributed by atoms with van der Waals surface area (Å²) in [5.41, 5.74) is -0.304. The van der Waals surface area contributed by atoms with Gasteiger partial charge in [-0.3, -0.25) is 19.3 Å². The zero-order valence-corrected chi connectivity index (χ0v) is 11.9. The van der Waals surface area contributed by atoms with E-state index >= 15 is 0 Å². The van der Waals surface area contributed by atoms with Crippen LogP contribution in [0.25, 0.3) is 4.96 Å². The molecule has 0 saturated heterocycles. The van der Waals surface area contributed by atoms with Crippen LogP contribution in [0.3, 0.4) is 0 Å². The Morgan fingerprint density at radius 3 is 3.14 bits per heavy atom. The van der Waals surface area contributed by atoms with Gasteiger partial charge in [-0.2, -0.15) is 4.98 Å². The summed E-state index contributed by atoms with van der Waals surface area (Å²) in [5, 5.41) is 11.8. The maximum Gasteiger partial charge on any atom is 0.322 e. The number of amides is 1. The molecule has 9 heteroatoms. The van der Waals surface area contributed by atoms with E-state index in [1.54, 1.807) is 11.6 Å². The first-order valence-corrected chi connectivity index (χ1v) is 7.16. The molecule has 21 heavy (non-hydrogen) atoms. The Bertz CT molecular complexity index is 850. The monoisotopic (exact) mass is 305 g/mol.